The van der Waals surface area contributed by atoms with Gasteiger partial charge in [0.25, 0.3) is 0 Å². The zero-order valence-electron chi connectivity index (χ0n) is 16.0. The Hall–Kier alpha value is -3.77. The summed E-state index contributed by atoms with van der Waals surface area (Å²) >= 11 is 1.59. The number of anilines is 1. The van der Waals surface area contributed by atoms with Crippen LogP contribution in [-0.4, -0.2) is 15.9 Å². The lowest BCUT2D eigenvalue weighted by molar-refractivity contribution is -0.358. The van der Waals surface area contributed by atoms with Gasteiger partial charge in [-0.15, -0.1) is 0 Å². The van der Waals surface area contributed by atoms with Gasteiger partial charge < -0.3 is 10.3 Å². The van der Waals surface area contributed by atoms with Crippen molar-refractivity contribution in [3.63, 3.8) is 0 Å². The number of fused-ring (bicyclic) bond motifs is 1. The van der Waals surface area contributed by atoms with E-state index >= 15 is 0 Å². The molecule has 5 aromatic rings. The number of H-pyrrole nitrogens is 2. The van der Waals surface area contributed by atoms with Crippen molar-refractivity contribution in [1.82, 2.24) is 9.97 Å². The van der Waals surface area contributed by atoms with E-state index in [-0.39, 0.29) is 11.8 Å². The van der Waals surface area contributed by atoms with E-state index in [1.165, 1.54) is 0 Å². The fourth-order valence-electron chi connectivity index (χ4n) is 3.57. The molecule has 0 saturated carbocycles. The van der Waals surface area contributed by atoms with E-state index in [9.17, 15) is 4.79 Å². The molecule has 0 aliphatic heterocycles. The first kappa shape index (κ1) is 18.3. The van der Waals surface area contributed by atoms with Crippen LogP contribution in [0.4, 0.5) is 5.69 Å². The third-order valence-electron chi connectivity index (χ3n) is 4.96. The quantitative estimate of drug-likeness (QED) is 0.433. The van der Waals surface area contributed by atoms with Crippen LogP contribution in [0.1, 0.15) is 17.0 Å². The molecule has 3 aromatic carbocycles. The zero-order valence-corrected chi connectivity index (χ0v) is 16.8. The molecular formula is C24H19N4OS+. The number of amides is 1. The maximum atomic E-state index is 13.3. The molecule has 0 fully saturated rings. The molecule has 1 amide bonds. The molecule has 0 saturated heterocycles. The number of aromatic nitrogens is 3. The van der Waals surface area contributed by atoms with E-state index < -0.39 is 0 Å². The van der Waals surface area contributed by atoms with Crippen LogP contribution < -0.4 is 10.3 Å². The van der Waals surface area contributed by atoms with Gasteiger partial charge in [-0.2, -0.15) is 4.98 Å². The van der Waals surface area contributed by atoms with Crippen molar-refractivity contribution in [1.29, 1.82) is 0 Å². The minimum absolute atomic E-state index is 0.0712. The predicted octanol–water partition coefficient (Wildman–Crippen LogP) is 4.88. The van der Waals surface area contributed by atoms with E-state index in [1.807, 2.05) is 90.4 Å². The predicted molar refractivity (Wildman–Crippen MR) is 119 cm³/mol. The van der Waals surface area contributed by atoms with Crippen LogP contribution in [0.25, 0.3) is 21.9 Å². The number of nitrogens with one attached hydrogen (secondary N) is 3. The molecule has 0 unspecified atom stereocenters. The fourth-order valence-corrected chi connectivity index (χ4v) is 4.18. The molecule has 0 bridgehead atoms. The average Bonchev–Trinajstić information content (AvgIpc) is 3.45. The molecule has 0 aliphatic carbocycles. The number of imidazole rings is 1. The average molecular weight is 412 g/mol. The maximum Gasteiger partial charge on any atom is 0.303 e. The molecule has 5 rings (SSSR count). The van der Waals surface area contributed by atoms with Crippen LogP contribution in [0, 0.1) is 0 Å². The van der Waals surface area contributed by atoms with Crippen LogP contribution >= 0.6 is 11.3 Å². The Balaban J connectivity index is 1.46. The summed E-state index contributed by atoms with van der Waals surface area (Å²) in [6, 6.07) is 25.4. The molecule has 3 N–H and O–H groups in total. The number of carbonyl (C=O) groups excluding carboxylic acids is 1. The Morgan fingerprint density at radius 3 is 2.30 bits per heavy atom. The summed E-state index contributed by atoms with van der Waals surface area (Å²) in [7, 11) is 0. The number of carbonyl (C=O) groups is 1. The van der Waals surface area contributed by atoms with Crippen LogP contribution in [0.15, 0.2) is 90.4 Å². The Morgan fingerprint density at radius 2 is 1.67 bits per heavy atom. The highest BCUT2D eigenvalue weighted by Crippen LogP contribution is 2.27. The molecule has 2 aromatic heterocycles. The molecule has 0 aliphatic rings. The normalized spacial score (nSPS) is 11.1. The van der Waals surface area contributed by atoms with E-state index in [0.29, 0.717) is 0 Å². The second-order valence-corrected chi connectivity index (χ2v) is 7.87. The van der Waals surface area contributed by atoms with Gasteiger partial charge in [-0.1, -0.05) is 72.0 Å². The molecule has 0 atom stereocenters. The minimum Gasteiger partial charge on any atom is -0.332 e. The van der Waals surface area contributed by atoms with Gasteiger partial charge in [0.2, 0.25) is 11.7 Å². The first-order chi connectivity index (χ1) is 14.8. The second kappa shape index (κ2) is 7.93. The third-order valence-corrected chi connectivity index (χ3v) is 5.78. The van der Waals surface area contributed by atoms with Crippen molar-refractivity contribution >= 4 is 34.0 Å². The van der Waals surface area contributed by atoms with Gasteiger partial charge >= 0.3 is 5.01 Å². The summed E-state index contributed by atoms with van der Waals surface area (Å²) in [5, 5.41) is 6.02. The molecule has 0 spiro atoms. The van der Waals surface area contributed by atoms with Crippen molar-refractivity contribution in [2.24, 2.45) is 0 Å². The topological polar surface area (TPSA) is 71.9 Å². The SMILES string of the molecule is O=C(Nc1ccc2nc(-c3[nH+]ccs3)[nH]c2c1)C(c1ccccc1)c1ccccc1. The molecule has 2 heterocycles. The lowest BCUT2D eigenvalue weighted by Crippen LogP contribution is -2.22. The van der Waals surface area contributed by atoms with Crippen LogP contribution in [0.2, 0.25) is 0 Å². The smallest absolute Gasteiger partial charge is 0.303 e. The van der Waals surface area contributed by atoms with Gasteiger partial charge in [-0.25, -0.2) is 4.98 Å². The highest BCUT2D eigenvalue weighted by atomic mass is 32.1. The summed E-state index contributed by atoms with van der Waals surface area (Å²) in [4.78, 5) is 24.4. The van der Waals surface area contributed by atoms with Crippen molar-refractivity contribution in [3.8, 4) is 10.8 Å². The Kier molecular flexibility index (Phi) is 4.83. The van der Waals surface area contributed by atoms with Gasteiger partial charge in [0.1, 0.15) is 0 Å². The van der Waals surface area contributed by atoms with Crippen LogP contribution in [-0.2, 0) is 4.79 Å². The van der Waals surface area contributed by atoms with Gasteiger partial charge in [0.15, 0.2) is 6.20 Å². The summed E-state index contributed by atoms with van der Waals surface area (Å²) in [5.74, 6) is 0.328. The van der Waals surface area contributed by atoms with Crippen molar-refractivity contribution in [3.05, 3.63) is 102 Å². The number of benzene rings is 3. The lowest BCUT2D eigenvalue weighted by atomic mass is 9.90. The highest BCUT2D eigenvalue weighted by molar-refractivity contribution is 7.12. The van der Waals surface area contributed by atoms with Crippen LogP contribution in [0.3, 0.4) is 0 Å². The lowest BCUT2D eigenvalue weighted by Gasteiger charge is -2.18. The molecule has 5 nitrogen and oxygen atoms in total. The van der Waals surface area contributed by atoms with Gasteiger partial charge in [-0.05, 0) is 29.3 Å². The van der Waals surface area contributed by atoms with E-state index in [1.54, 1.807) is 11.3 Å². The second-order valence-electron chi connectivity index (χ2n) is 6.96. The van der Waals surface area contributed by atoms with Crippen molar-refractivity contribution < 1.29 is 9.78 Å². The number of hydrogen-bond acceptors (Lipinski definition) is 3. The van der Waals surface area contributed by atoms with Gasteiger partial charge in [-0.3, -0.25) is 4.79 Å². The zero-order chi connectivity index (χ0) is 20.3. The number of nitrogens with zero attached hydrogens (tertiary/aromatic N) is 1. The Bertz CT molecular complexity index is 1240. The number of hydrogen-bond donors (Lipinski definition) is 2. The summed E-state index contributed by atoms with van der Waals surface area (Å²) in [5.41, 5.74) is 4.38. The first-order valence-corrected chi connectivity index (χ1v) is 10.5. The standard InChI is InChI=1S/C24H18N4OS/c29-23(21(16-7-3-1-4-8-16)17-9-5-2-6-10-17)26-18-11-12-19-20(15-18)28-22(27-19)24-25-13-14-30-24/h1-15,21H,(H,26,29)(H,27,28)/p+1. The molecule has 146 valence electrons. The number of aromatic amines is 2. The van der Waals surface area contributed by atoms with E-state index in [0.717, 1.165) is 38.7 Å². The maximum absolute atomic E-state index is 13.3. The summed E-state index contributed by atoms with van der Waals surface area (Å²) < 4.78 is 0. The number of rotatable bonds is 5. The summed E-state index contributed by atoms with van der Waals surface area (Å²) in [6.45, 7) is 0. The minimum atomic E-state index is -0.388. The molecule has 0 radical (unpaired) electrons. The van der Waals surface area contributed by atoms with Gasteiger partial charge in [0, 0.05) is 5.69 Å². The van der Waals surface area contributed by atoms with E-state index in [4.69, 9.17) is 0 Å². The molecule has 30 heavy (non-hydrogen) atoms. The largest absolute Gasteiger partial charge is 0.332 e. The molecular weight excluding hydrogens is 392 g/mol. The molecule has 6 heteroatoms. The fraction of sp³-hybridized carbons (Fsp3) is 0.0417. The van der Waals surface area contributed by atoms with Crippen molar-refractivity contribution in [2.45, 2.75) is 5.92 Å². The first-order valence-electron chi connectivity index (χ1n) is 9.64. The summed E-state index contributed by atoms with van der Waals surface area (Å²) in [6.07, 6.45) is 1.88. The van der Waals surface area contributed by atoms with Gasteiger partial charge in [0.05, 0.1) is 22.3 Å². The van der Waals surface area contributed by atoms with Crippen LogP contribution in [0.5, 0.6) is 0 Å². The monoisotopic (exact) mass is 411 g/mol. The Morgan fingerprint density at radius 1 is 0.967 bits per heavy atom. The van der Waals surface area contributed by atoms with E-state index in [2.05, 4.69) is 20.3 Å². The number of thiazole rings is 1. The van der Waals surface area contributed by atoms with Crippen molar-refractivity contribution in [2.75, 3.05) is 5.32 Å². The Labute approximate surface area is 177 Å². The highest BCUT2D eigenvalue weighted by Gasteiger charge is 2.23. The third kappa shape index (κ3) is 3.60.